The third-order valence-corrected chi connectivity index (χ3v) is 3.89. The van der Waals surface area contributed by atoms with E-state index in [-0.39, 0.29) is 17.3 Å². The Morgan fingerprint density at radius 3 is 2.57 bits per heavy atom. The number of halogens is 1. The van der Waals surface area contributed by atoms with E-state index in [0.29, 0.717) is 5.82 Å². The third kappa shape index (κ3) is 4.83. The molecule has 0 spiro atoms. The molecule has 2 rings (SSSR count). The minimum Gasteiger partial charge on any atom is -0.310 e. The molecule has 0 unspecified atom stereocenters. The fourth-order valence-electron chi connectivity index (χ4n) is 1.44. The molecule has 8 heteroatoms. The maximum absolute atomic E-state index is 11.8. The highest BCUT2D eigenvalue weighted by Crippen LogP contribution is 2.21. The van der Waals surface area contributed by atoms with Crippen LogP contribution in [0.5, 0.6) is 0 Å². The average Bonchev–Trinajstić information content (AvgIpc) is 2.48. The van der Waals surface area contributed by atoms with Crippen LogP contribution in [0.4, 0.5) is 11.5 Å². The average molecular weight is 368 g/mol. The van der Waals surface area contributed by atoms with E-state index in [4.69, 9.17) is 0 Å². The third-order valence-electron chi connectivity index (χ3n) is 2.41. The Bertz CT molecular complexity index is 647. The molecule has 108 valence electrons. The van der Waals surface area contributed by atoms with E-state index in [1.165, 1.54) is 23.9 Å². The number of amides is 1. The monoisotopic (exact) mass is 367 g/mol. The summed E-state index contributed by atoms with van der Waals surface area (Å²) in [5.74, 6) is 0.496. The van der Waals surface area contributed by atoms with E-state index >= 15 is 0 Å². The predicted octanol–water partition coefficient (Wildman–Crippen LogP) is 3.48. The molecule has 1 amide bonds. The van der Waals surface area contributed by atoms with E-state index in [9.17, 15) is 14.9 Å². The van der Waals surface area contributed by atoms with Gasteiger partial charge in [0, 0.05) is 27.7 Å². The van der Waals surface area contributed by atoms with Gasteiger partial charge in [-0.3, -0.25) is 14.9 Å². The van der Waals surface area contributed by atoms with Crippen molar-refractivity contribution >= 4 is 45.1 Å². The summed E-state index contributed by atoms with van der Waals surface area (Å²) in [7, 11) is 0. The van der Waals surface area contributed by atoms with Gasteiger partial charge in [-0.15, -0.1) is 11.8 Å². The first-order valence-electron chi connectivity index (χ1n) is 5.83. The quantitative estimate of drug-likeness (QED) is 0.496. The van der Waals surface area contributed by atoms with Gasteiger partial charge in [-0.25, -0.2) is 4.98 Å². The highest BCUT2D eigenvalue weighted by molar-refractivity contribution is 9.10. The maximum atomic E-state index is 11.8. The summed E-state index contributed by atoms with van der Waals surface area (Å²) in [6.07, 6.45) is 1.60. The Kier molecular flexibility index (Phi) is 5.29. The lowest BCUT2D eigenvalue weighted by Gasteiger charge is -2.04. The Morgan fingerprint density at radius 1 is 1.29 bits per heavy atom. The summed E-state index contributed by atoms with van der Waals surface area (Å²) < 4.78 is 0.834. The van der Waals surface area contributed by atoms with Gasteiger partial charge in [0.1, 0.15) is 5.82 Å². The van der Waals surface area contributed by atoms with Crippen LogP contribution in [0.25, 0.3) is 0 Å². The van der Waals surface area contributed by atoms with Gasteiger partial charge < -0.3 is 5.32 Å². The molecule has 0 atom stereocenters. The zero-order valence-electron chi connectivity index (χ0n) is 10.7. The minimum atomic E-state index is -0.458. The van der Waals surface area contributed by atoms with Crippen molar-refractivity contribution in [3.63, 3.8) is 0 Å². The number of rotatable bonds is 5. The molecular weight excluding hydrogens is 358 g/mol. The van der Waals surface area contributed by atoms with Gasteiger partial charge >= 0.3 is 0 Å². The fourth-order valence-corrected chi connectivity index (χ4v) is 2.37. The molecular formula is C13H10BrN3O3S. The number of aromatic nitrogens is 1. The van der Waals surface area contributed by atoms with Crippen molar-refractivity contribution in [3.05, 3.63) is 57.2 Å². The Hall–Kier alpha value is -1.93. The van der Waals surface area contributed by atoms with E-state index in [2.05, 4.69) is 26.2 Å². The number of nitro groups is 1. The fraction of sp³-hybridized carbons (Fsp3) is 0.0769. The van der Waals surface area contributed by atoms with Crippen molar-refractivity contribution in [2.24, 2.45) is 0 Å². The molecule has 1 heterocycles. The first-order valence-corrected chi connectivity index (χ1v) is 7.61. The first-order chi connectivity index (χ1) is 10.0. The molecule has 0 aliphatic rings. The van der Waals surface area contributed by atoms with Crippen LogP contribution in [0.2, 0.25) is 0 Å². The summed E-state index contributed by atoms with van der Waals surface area (Å²) >= 11 is 4.56. The molecule has 0 saturated carbocycles. The minimum absolute atomic E-state index is 0.0304. The van der Waals surface area contributed by atoms with Crippen molar-refractivity contribution < 1.29 is 9.72 Å². The molecule has 0 aliphatic heterocycles. The summed E-state index contributed by atoms with van der Waals surface area (Å²) in [5, 5.41) is 13.2. The number of hydrogen-bond acceptors (Lipinski definition) is 5. The lowest BCUT2D eigenvalue weighted by molar-refractivity contribution is -0.384. The number of nitrogens with zero attached hydrogens (tertiary/aromatic N) is 2. The van der Waals surface area contributed by atoms with Crippen LogP contribution in [0.3, 0.4) is 0 Å². The summed E-state index contributed by atoms with van der Waals surface area (Å²) in [4.78, 5) is 26.7. The lowest BCUT2D eigenvalue weighted by atomic mass is 10.3. The molecule has 0 fully saturated rings. The summed E-state index contributed by atoms with van der Waals surface area (Å²) in [6.45, 7) is 0. The molecule has 6 nitrogen and oxygen atoms in total. The zero-order chi connectivity index (χ0) is 15.2. The number of anilines is 1. The van der Waals surface area contributed by atoms with E-state index in [0.717, 1.165) is 9.37 Å². The van der Waals surface area contributed by atoms with Crippen LogP contribution in [0, 0.1) is 10.1 Å². The number of nitrogens with one attached hydrogen (secondary N) is 1. The number of hydrogen-bond donors (Lipinski definition) is 1. The number of thioether (sulfide) groups is 1. The number of pyridine rings is 1. The van der Waals surface area contributed by atoms with Crippen LogP contribution < -0.4 is 5.32 Å². The van der Waals surface area contributed by atoms with Crippen LogP contribution in [-0.2, 0) is 4.79 Å². The van der Waals surface area contributed by atoms with Gasteiger partial charge in [-0.05, 0) is 40.2 Å². The molecule has 0 radical (unpaired) electrons. The Labute approximate surface area is 133 Å². The van der Waals surface area contributed by atoms with Crippen LogP contribution in [0.1, 0.15) is 0 Å². The number of benzene rings is 1. The molecule has 2 aromatic rings. The van der Waals surface area contributed by atoms with Crippen LogP contribution in [0.15, 0.2) is 52.0 Å². The largest absolute Gasteiger partial charge is 0.310 e. The van der Waals surface area contributed by atoms with Crippen molar-refractivity contribution in [2.75, 3.05) is 11.1 Å². The van der Waals surface area contributed by atoms with Gasteiger partial charge in [-0.1, -0.05) is 0 Å². The SMILES string of the molecule is O=C(CSc1ccc([N+](=O)[O-])cc1)Nc1ccc(Br)cn1. The van der Waals surface area contributed by atoms with Crippen LogP contribution >= 0.6 is 27.7 Å². The maximum Gasteiger partial charge on any atom is 0.269 e. The van der Waals surface area contributed by atoms with Gasteiger partial charge in [0.25, 0.3) is 5.69 Å². The lowest BCUT2D eigenvalue weighted by Crippen LogP contribution is -2.14. The highest BCUT2D eigenvalue weighted by Gasteiger charge is 2.07. The Morgan fingerprint density at radius 2 is 2.00 bits per heavy atom. The molecule has 0 saturated heterocycles. The van der Waals surface area contributed by atoms with Gasteiger partial charge in [0.2, 0.25) is 5.91 Å². The highest BCUT2D eigenvalue weighted by atomic mass is 79.9. The number of nitro benzene ring substituents is 1. The zero-order valence-corrected chi connectivity index (χ0v) is 13.1. The molecule has 21 heavy (non-hydrogen) atoms. The standard InChI is InChI=1S/C13H10BrN3O3S/c14-9-1-6-12(15-7-9)16-13(18)8-21-11-4-2-10(3-5-11)17(19)20/h1-7H,8H2,(H,15,16,18). The predicted molar refractivity (Wildman–Crippen MR) is 84.4 cm³/mol. The van der Waals surface area contributed by atoms with Crippen molar-refractivity contribution in [1.82, 2.24) is 4.98 Å². The van der Waals surface area contributed by atoms with Crippen molar-refractivity contribution in [2.45, 2.75) is 4.90 Å². The number of carbonyl (C=O) groups excluding carboxylic acids is 1. The molecule has 1 aromatic heterocycles. The van der Waals surface area contributed by atoms with Gasteiger partial charge in [-0.2, -0.15) is 0 Å². The number of non-ortho nitro benzene ring substituents is 1. The van der Waals surface area contributed by atoms with E-state index in [1.807, 2.05) is 0 Å². The molecule has 0 bridgehead atoms. The van der Waals surface area contributed by atoms with Gasteiger partial charge in [0.15, 0.2) is 0 Å². The summed E-state index contributed by atoms with van der Waals surface area (Å²) in [5.41, 5.74) is 0.0304. The van der Waals surface area contributed by atoms with Crippen LogP contribution in [-0.4, -0.2) is 21.6 Å². The van der Waals surface area contributed by atoms with E-state index < -0.39 is 4.92 Å². The van der Waals surface area contributed by atoms with Crippen molar-refractivity contribution in [1.29, 1.82) is 0 Å². The normalized spacial score (nSPS) is 10.1. The molecule has 0 aliphatic carbocycles. The second-order valence-electron chi connectivity index (χ2n) is 3.95. The van der Waals surface area contributed by atoms with Gasteiger partial charge in [0.05, 0.1) is 10.7 Å². The first kappa shape index (κ1) is 15.5. The smallest absolute Gasteiger partial charge is 0.269 e. The topological polar surface area (TPSA) is 85.1 Å². The number of carbonyl (C=O) groups is 1. The molecule has 1 aromatic carbocycles. The molecule has 1 N–H and O–H groups in total. The van der Waals surface area contributed by atoms with Crippen molar-refractivity contribution in [3.8, 4) is 0 Å². The second-order valence-corrected chi connectivity index (χ2v) is 5.91. The Balaban J connectivity index is 1.86. The summed E-state index contributed by atoms with van der Waals surface area (Å²) in [6, 6.07) is 9.54. The second kappa shape index (κ2) is 7.19. The van der Waals surface area contributed by atoms with E-state index in [1.54, 1.807) is 30.5 Å².